The number of benzene rings is 3. The molecule has 0 radical (unpaired) electrons. The Bertz CT molecular complexity index is 1610. The van der Waals surface area contributed by atoms with Gasteiger partial charge in [-0.2, -0.15) is 0 Å². The number of carbonyl (C=O) groups is 2. The monoisotopic (exact) mass is 534 g/mol. The lowest BCUT2D eigenvalue weighted by Gasteiger charge is -2.20. The second kappa shape index (κ2) is 10.5. The van der Waals surface area contributed by atoms with Crippen molar-refractivity contribution in [3.63, 3.8) is 0 Å². The predicted molar refractivity (Wildman–Crippen MR) is 142 cm³/mol. The number of nitrogens with one attached hydrogen (secondary N) is 1. The Labute approximate surface area is 222 Å². The van der Waals surface area contributed by atoms with Gasteiger partial charge in [-0.1, -0.05) is 11.6 Å². The molecular weight excluding hydrogens is 512 g/mol. The topological polar surface area (TPSA) is 105 Å². The van der Waals surface area contributed by atoms with Gasteiger partial charge in [-0.3, -0.25) is 14.4 Å². The third-order valence-corrected chi connectivity index (χ3v) is 6.34. The number of hydrogen-bond donors (Lipinski definition) is 1. The minimum Gasteiger partial charge on any atom is -0.497 e. The molecule has 5 rings (SSSR count). The van der Waals surface area contributed by atoms with Crippen LogP contribution in [0.3, 0.4) is 0 Å². The zero-order chi connectivity index (χ0) is 26.8. The van der Waals surface area contributed by atoms with Crippen LogP contribution in [0.1, 0.15) is 15.9 Å². The molecule has 3 aromatic carbocycles. The number of rotatable bonds is 7. The Morgan fingerprint density at radius 1 is 0.974 bits per heavy atom. The van der Waals surface area contributed by atoms with Gasteiger partial charge in [0.25, 0.3) is 0 Å². The van der Waals surface area contributed by atoms with E-state index in [1.807, 2.05) is 0 Å². The van der Waals surface area contributed by atoms with E-state index in [1.165, 1.54) is 20.4 Å². The van der Waals surface area contributed by atoms with Crippen molar-refractivity contribution < 1.29 is 28.5 Å². The van der Waals surface area contributed by atoms with E-state index in [1.54, 1.807) is 59.2 Å². The van der Waals surface area contributed by atoms with Crippen molar-refractivity contribution in [3.05, 3.63) is 87.2 Å². The highest BCUT2D eigenvalue weighted by Crippen LogP contribution is 2.34. The molecular formula is C28H23ClN2O7. The summed E-state index contributed by atoms with van der Waals surface area (Å²) in [6, 6.07) is 14.4. The first-order valence-electron chi connectivity index (χ1n) is 11.7. The number of carbonyl (C=O) groups excluding carboxylic acids is 2. The van der Waals surface area contributed by atoms with Crippen molar-refractivity contribution in [2.75, 3.05) is 32.8 Å². The number of ether oxygens (including phenoxy) is 4. The molecule has 0 aliphatic carbocycles. The van der Waals surface area contributed by atoms with Gasteiger partial charge < -0.3 is 28.8 Å². The lowest BCUT2D eigenvalue weighted by Crippen LogP contribution is -2.25. The van der Waals surface area contributed by atoms with E-state index in [-0.39, 0.29) is 17.5 Å². The van der Waals surface area contributed by atoms with Gasteiger partial charge in [0.05, 0.1) is 36.4 Å². The molecule has 0 saturated carbocycles. The van der Waals surface area contributed by atoms with Gasteiger partial charge >= 0.3 is 0 Å². The number of fused-ring (bicyclic) bond motifs is 2. The molecule has 0 bridgehead atoms. The van der Waals surface area contributed by atoms with E-state index < -0.39 is 17.1 Å². The Morgan fingerprint density at radius 3 is 2.37 bits per heavy atom. The fourth-order valence-corrected chi connectivity index (χ4v) is 4.35. The minimum atomic E-state index is -0.491. The number of aromatic nitrogens is 1. The summed E-state index contributed by atoms with van der Waals surface area (Å²) in [4.78, 5) is 40.0. The van der Waals surface area contributed by atoms with Crippen LogP contribution < -0.4 is 29.7 Å². The van der Waals surface area contributed by atoms with Gasteiger partial charge in [-0.15, -0.1) is 0 Å². The minimum absolute atomic E-state index is 0.0914. The van der Waals surface area contributed by atoms with Crippen molar-refractivity contribution in [1.29, 1.82) is 0 Å². The van der Waals surface area contributed by atoms with Gasteiger partial charge in [-0.05, 0) is 42.5 Å². The third kappa shape index (κ3) is 4.88. The number of anilines is 1. The molecule has 1 N–H and O–H groups in total. The summed E-state index contributed by atoms with van der Waals surface area (Å²) in [5.74, 6) is 0.943. The van der Waals surface area contributed by atoms with Crippen molar-refractivity contribution >= 4 is 39.9 Å². The van der Waals surface area contributed by atoms with Crippen LogP contribution in [0.25, 0.3) is 10.9 Å². The van der Waals surface area contributed by atoms with Crippen molar-refractivity contribution in [2.24, 2.45) is 0 Å². The molecule has 0 fully saturated rings. The highest BCUT2D eigenvalue weighted by atomic mass is 35.5. The average Bonchev–Trinajstić information content (AvgIpc) is 2.94. The molecule has 4 aromatic rings. The summed E-state index contributed by atoms with van der Waals surface area (Å²) in [6.07, 6.45) is 1.39. The van der Waals surface area contributed by atoms with Crippen molar-refractivity contribution in [1.82, 2.24) is 4.57 Å². The molecule has 0 unspecified atom stereocenters. The van der Waals surface area contributed by atoms with Gasteiger partial charge in [-0.25, -0.2) is 0 Å². The number of nitrogens with zero attached hydrogens (tertiary/aromatic N) is 1. The molecule has 9 nitrogen and oxygen atoms in total. The van der Waals surface area contributed by atoms with Gasteiger partial charge in [0, 0.05) is 28.9 Å². The number of ketones is 1. The molecule has 194 valence electrons. The average molecular weight is 535 g/mol. The van der Waals surface area contributed by atoms with E-state index in [2.05, 4.69) is 5.32 Å². The Balaban J connectivity index is 1.57. The molecule has 0 saturated heterocycles. The highest BCUT2D eigenvalue weighted by Gasteiger charge is 2.22. The fourth-order valence-electron chi connectivity index (χ4n) is 4.22. The quantitative estimate of drug-likeness (QED) is 0.352. The van der Waals surface area contributed by atoms with Crippen LogP contribution in [-0.4, -0.2) is 43.7 Å². The molecule has 1 aliphatic heterocycles. The van der Waals surface area contributed by atoms with Gasteiger partial charge in [0.15, 0.2) is 17.3 Å². The van der Waals surface area contributed by atoms with Crippen LogP contribution in [0.5, 0.6) is 23.0 Å². The zero-order valence-corrected chi connectivity index (χ0v) is 21.3. The first-order valence-corrected chi connectivity index (χ1v) is 12.0. The number of hydrogen-bond acceptors (Lipinski definition) is 7. The molecule has 1 aliphatic rings. The molecule has 1 amide bonds. The lowest BCUT2D eigenvalue weighted by atomic mass is 10.0. The van der Waals surface area contributed by atoms with Crippen LogP contribution in [0.4, 0.5) is 5.69 Å². The van der Waals surface area contributed by atoms with E-state index in [9.17, 15) is 14.4 Å². The fraction of sp³-hybridized carbons (Fsp3) is 0.179. The summed E-state index contributed by atoms with van der Waals surface area (Å²) in [5.41, 5.74) is 0.582. The smallest absolute Gasteiger partial charge is 0.244 e. The van der Waals surface area contributed by atoms with Crippen LogP contribution in [0.2, 0.25) is 5.02 Å². The summed E-state index contributed by atoms with van der Waals surface area (Å²) in [5, 5.41) is 3.51. The number of halogens is 1. The number of methoxy groups -OCH3 is 2. The summed E-state index contributed by atoms with van der Waals surface area (Å²) < 4.78 is 23.5. The molecule has 0 spiro atoms. The Hall–Kier alpha value is -4.50. The van der Waals surface area contributed by atoms with Gasteiger partial charge in [0.2, 0.25) is 11.3 Å². The third-order valence-electron chi connectivity index (χ3n) is 6.09. The van der Waals surface area contributed by atoms with Crippen LogP contribution in [0.15, 0.2) is 65.6 Å². The van der Waals surface area contributed by atoms with Crippen molar-refractivity contribution in [3.8, 4) is 23.0 Å². The summed E-state index contributed by atoms with van der Waals surface area (Å²) in [7, 11) is 3.02. The summed E-state index contributed by atoms with van der Waals surface area (Å²) >= 11 is 5.96. The van der Waals surface area contributed by atoms with E-state index in [0.29, 0.717) is 58.0 Å². The number of amides is 1. The van der Waals surface area contributed by atoms with Crippen LogP contribution >= 0.6 is 11.6 Å². The molecule has 10 heteroatoms. The maximum Gasteiger partial charge on any atom is 0.244 e. The first kappa shape index (κ1) is 25.2. The van der Waals surface area contributed by atoms with Crippen molar-refractivity contribution in [2.45, 2.75) is 6.54 Å². The van der Waals surface area contributed by atoms with Crippen LogP contribution in [0, 0.1) is 0 Å². The Morgan fingerprint density at radius 2 is 1.68 bits per heavy atom. The second-order valence-electron chi connectivity index (χ2n) is 8.46. The normalized spacial score (nSPS) is 12.2. The predicted octanol–water partition coefficient (Wildman–Crippen LogP) is 4.31. The molecule has 38 heavy (non-hydrogen) atoms. The maximum atomic E-state index is 13.5. The van der Waals surface area contributed by atoms with E-state index >= 15 is 0 Å². The lowest BCUT2D eigenvalue weighted by molar-refractivity contribution is -0.116. The maximum absolute atomic E-state index is 13.5. The second-order valence-corrected chi connectivity index (χ2v) is 8.90. The van der Waals surface area contributed by atoms with E-state index in [4.69, 9.17) is 30.5 Å². The summed E-state index contributed by atoms with van der Waals surface area (Å²) in [6.45, 7) is 0.488. The largest absolute Gasteiger partial charge is 0.497 e. The highest BCUT2D eigenvalue weighted by molar-refractivity contribution is 6.30. The molecule has 1 aromatic heterocycles. The first-order chi connectivity index (χ1) is 18.4. The Kier molecular flexibility index (Phi) is 6.93. The van der Waals surface area contributed by atoms with Gasteiger partial charge in [0.1, 0.15) is 31.3 Å². The molecule has 2 heterocycles. The number of pyridine rings is 1. The SMILES string of the molecule is COc1ccc(NC(=O)Cn2cc(C(=O)c3ccc(Cl)cc3)c(=O)c3cc4c(cc32)OCCO4)c(OC)c1. The van der Waals surface area contributed by atoms with E-state index in [0.717, 1.165) is 0 Å². The zero-order valence-electron chi connectivity index (χ0n) is 20.6. The van der Waals surface area contributed by atoms with Crippen LogP contribution in [-0.2, 0) is 11.3 Å². The standard InChI is InChI=1S/C28H23ClN2O7/c1-35-18-7-8-21(23(11-18)36-2)30-26(32)15-31-14-20(27(33)16-3-5-17(29)6-4-16)28(34)19-12-24-25(13-22(19)31)38-10-9-37-24/h3-8,11-14H,9-10,15H2,1-2H3,(H,30,32). The molecule has 0 atom stereocenters.